The van der Waals surface area contributed by atoms with Crippen molar-refractivity contribution < 1.29 is 28.1 Å². The van der Waals surface area contributed by atoms with Gasteiger partial charge in [0.25, 0.3) is 11.5 Å². The highest BCUT2D eigenvalue weighted by molar-refractivity contribution is 5.95. The molecule has 0 spiro atoms. The van der Waals surface area contributed by atoms with Gasteiger partial charge in [0.05, 0.1) is 35.8 Å². The van der Waals surface area contributed by atoms with Crippen molar-refractivity contribution in [2.24, 2.45) is 5.73 Å². The van der Waals surface area contributed by atoms with Crippen molar-refractivity contribution in [1.82, 2.24) is 24.3 Å². The summed E-state index contributed by atoms with van der Waals surface area (Å²) >= 11 is 0. The summed E-state index contributed by atoms with van der Waals surface area (Å²) < 4.78 is 38.9. The van der Waals surface area contributed by atoms with E-state index >= 15 is 0 Å². The Bertz CT molecular complexity index is 1920. The van der Waals surface area contributed by atoms with Gasteiger partial charge in [-0.2, -0.15) is 0 Å². The molecule has 3 aromatic heterocycles. The molecular formula is C33H33FN6O6. The molecule has 6 rings (SSSR count). The van der Waals surface area contributed by atoms with E-state index in [1.807, 2.05) is 18.2 Å². The first kappa shape index (κ1) is 30.9. The molecule has 238 valence electrons. The van der Waals surface area contributed by atoms with Crippen molar-refractivity contribution >= 4 is 16.8 Å². The highest BCUT2D eigenvalue weighted by Gasteiger charge is 2.34. The first-order chi connectivity index (χ1) is 22.4. The van der Waals surface area contributed by atoms with Gasteiger partial charge in [-0.15, -0.1) is 0 Å². The quantitative estimate of drug-likeness (QED) is 0.204. The molecule has 1 unspecified atom stereocenters. The maximum atomic E-state index is 13.7. The van der Waals surface area contributed by atoms with E-state index in [1.165, 1.54) is 35.3 Å². The Morgan fingerprint density at radius 1 is 0.957 bits per heavy atom. The first-order valence-electron chi connectivity index (χ1n) is 14.8. The van der Waals surface area contributed by atoms with Gasteiger partial charge < -0.3 is 24.7 Å². The van der Waals surface area contributed by atoms with E-state index in [-0.39, 0.29) is 11.5 Å². The van der Waals surface area contributed by atoms with Crippen LogP contribution in [0.2, 0.25) is 0 Å². The zero-order valence-electron chi connectivity index (χ0n) is 25.4. The topological polar surface area (TPSA) is 146 Å². The number of fused-ring (bicyclic) bond motifs is 2. The fraction of sp³-hybridized carbons (Fsp3) is 0.303. The Balaban J connectivity index is 1.38. The molecule has 2 aromatic carbocycles. The minimum absolute atomic E-state index is 0.0915. The Hall–Kier alpha value is -5.14. The molecule has 0 saturated heterocycles. The monoisotopic (exact) mass is 628 g/mol. The van der Waals surface area contributed by atoms with Crippen molar-refractivity contribution in [1.29, 1.82) is 0 Å². The molecule has 0 bridgehead atoms. The number of primary amides is 1. The van der Waals surface area contributed by atoms with Gasteiger partial charge >= 0.3 is 0 Å². The van der Waals surface area contributed by atoms with E-state index in [9.17, 15) is 14.0 Å². The largest absolute Gasteiger partial charge is 0.487 e. The van der Waals surface area contributed by atoms with Gasteiger partial charge in [0.1, 0.15) is 30.9 Å². The third-order valence-corrected chi connectivity index (χ3v) is 7.90. The normalized spacial score (nSPS) is 14.3. The molecule has 13 heteroatoms. The van der Waals surface area contributed by atoms with E-state index in [1.54, 1.807) is 31.2 Å². The summed E-state index contributed by atoms with van der Waals surface area (Å²) in [6.07, 6.45) is 4.58. The number of halogens is 1. The molecule has 1 amide bonds. The highest BCUT2D eigenvalue weighted by atomic mass is 19.1. The van der Waals surface area contributed by atoms with Crippen LogP contribution in [0.4, 0.5) is 4.39 Å². The molecule has 2 N–H and O–H groups in total. The van der Waals surface area contributed by atoms with Gasteiger partial charge in [-0.05, 0) is 55.3 Å². The van der Waals surface area contributed by atoms with Gasteiger partial charge in [0.2, 0.25) is 0 Å². The molecular weight excluding hydrogens is 595 g/mol. The summed E-state index contributed by atoms with van der Waals surface area (Å²) in [6.45, 7) is 1.97. The van der Waals surface area contributed by atoms with Crippen molar-refractivity contribution in [3.05, 3.63) is 94.2 Å². The minimum atomic E-state index is -0.820. The number of benzene rings is 2. The molecule has 46 heavy (non-hydrogen) atoms. The summed E-state index contributed by atoms with van der Waals surface area (Å²) in [4.78, 5) is 39.9. The number of hydrogen-bond donors (Lipinski definition) is 1. The van der Waals surface area contributed by atoms with E-state index in [0.717, 1.165) is 17.4 Å². The van der Waals surface area contributed by atoms with Gasteiger partial charge in [0, 0.05) is 55.6 Å². The zero-order chi connectivity index (χ0) is 32.2. The van der Waals surface area contributed by atoms with Crippen molar-refractivity contribution in [3.63, 3.8) is 0 Å². The SMILES string of the molecule is COCCOc1cc2ncnc(-c3ccc(C4CCCn5c4c(C(N)=O)c(=O)n5-c4ccc(F)cc4)nc3)c2cc1OCCOC. The van der Waals surface area contributed by atoms with Gasteiger partial charge in [-0.1, -0.05) is 0 Å². The fourth-order valence-corrected chi connectivity index (χ4v) is 5.82. The number of nitrogens with zero attached hydrogens (tertiary/aromatic N) is 5. The van der Waals surface area contributed by atoms with Crippen molar-refractivity contribution in [2.75, 3.05) is 40.6 Å². The molecule has 5 aromatic rings. The maximum absolute atomic E-state index is 13.7. The molecule has 12 nitrogen and oxygen atoms in total. The van der Waals surface area contributed by atoms with Crippen LogP contribution in [0.5, 0.6) is 11.5 Å². The van der Waals surface area contributed by atoms with Gasteiger partial charge in [-0.3, -0.25) is 19.3 Å². The molecule has 4 heterocycles. The fourth-order valence-electron chi connectivity index (χ4n) is 5.82. The second kappa shape index (κ2) is 13.5. The lowest BCUT2D eigenvalue weighted by atomic mass is 9.89. The number of carbonyl (C=O) groups is 1. The number of nitrogens with two attached hydrogens (primary N) is 1. The lowest BCUT2D eigenvalue weighted by Crippen LogP contribution is -2.26. The average molecular weight is 629 g/mol. The van der Waals surface area contributed by atoms with Crippen LogP contribution in [0.15, 0.2) is 65.8 Å². The molecule has 1 aliphatic heterocycles. The Labute approximate surface area is 263 Å². The number of aromatic nitrogens is 5. The minimum Gasteiger partial charge on any atom is -0.487 e. The van der Waals surface area contributed by atoms with Gasteiger partial charge in [-0.25, -0.2) is 19.0 Å². The summed E-state index contributed by atoms with van der Waals surface area (Å²) in [5.41, 5.74) is 8.77. The zero-order valence-corrected chi connectivity index (χ0v) is 25.4. The van der Waals surface area contributed by atoms with E-state index in [0.29, 0.717) is 79.2 Å². The van der Waals surface area contributed by atoms with Crippen LogP contribution in [0, 0.1) is 5.82 Å². The number of pyridine rings is 1. The summed E-state index contributed by atoms with van der Waals surface area (Å²) in [5, 5.41) is 0.738. The van der Waals surface area contributed by atoms with Crippen LogP contribution in [0.1, 0.15) is 40.5 Å². The third kappa shape index (κ3) is 5.94. The second-order valence-corrected chi connectivity index (χ2v) is 10.7. The average Bonchev–Trinajstić information content (AvgIpc) is 3.37. The lowest BCUT2D eigenvalue weighted by molar-refractivity contribution is 0.0997. The van der Waals surface area contributed by atoms with Crippen molar-refractivity contribution in [2.45, 2.75) is 25.3 Å². The number of rotatable bonds is 12. The summed E-state index contributed by atoms with van der Waals surface area (Å²) in [6, 6.07) is 13.0. The molecule has 0 radical (unpaired) electrons. The third-order valence-electron chi connectivity index (χ3n) is 7.90. The Morgan fingerprint density at radius 3 is 2.33 bits per heavy atom. The standard InChI is InChI=1S/C33H33FN6O6/c1-43-12-14-45-27-16-24-26(17-28(27)46-15-13-44-2)37-19-38-30(24)20-5-10-25(36-18-20)23-4-3-11-39-31(23)29(32(35)41)33(42)40(39)22-8-6-21(34)7-9-22/h5-10,16-19,23H,3-4,11-15H2,1-2H3,(H2,35,41). The number of ether oxygens (including phenoxy) is 4. The Morgan fingerprint density at radius 2 is 1.67 bits per heavy atom. The molecule has 0 saturated carbocycles. The van der Waals surface area contributed by atoms with Crippen LogP contribution in [0.3, 0.4) is 0 Å². The van der Waals surface area contributed by atoms with E-state index in [4.69, 9.17) is 29.7 Å². The van der Waals surface area contributed by atoms with Crippen LogP contribution in [0.25, 0.3) is 27.8 Å². The van der Waals surface area contributed by atoms with E-state index < -0.39 is 17.3 Å². The number of methoxy groups -OCH3 is 2. The molecule has 1 atom stereocenters. The lowest BCUT2D eigenvalue weighted by Gasteiger charge is -2.26. The second-order valence-electron chi connectivity index (χ2n) is 10.7. The predicted molar refractivity (Wildman–Crippen MR) is 167 cm³/mol. The molecule has 0 aliphatic carbocycles. The number of amides is 1. The molecule has 1 aliphatic rings. The van der Waals surface area contributed by atoms with Crippen LogP contribution >= 0.6 is 0 Å². The first-order valence-corrected chi connectivity index (χ1v) is 14.8. The predicted octanol–water partition coefficient (Wildman–Crippen LogP) is 3.86. The van der Waals surface area contributed by atoms with Crippen molar-refractivity contribution in [3.8, 4) is 28.4 Å². The van der Waals surface area contributed by atoms with E-state index in [2.05, 4.69) is 9.97 Å². The van der Waals surface area contributed by atoms with Gasteiger partial charge in [0.15, 0.2) is 11.5 Å². The van der Waals surface area contributed by atoms with Crippen LogP contribution in [-0.2, 0) is 16.0 Å². The number of carbonyl (C=O) groups excluding carboxylic acids is 1. The maximum Gasteiger partial charge on any atom is 0.284 e. The van der Waals surface area contributed by atoms with Crippen LogP contribution < -0.4 is 20.8 Å². The number of hydrogen-bond acceptors (Lipinski definition) is 9. The van der Waals surface area contributed by atoms with Crippen LogP contribution in [-0.4, -0.2) is 70.9 Å². The Kier molecular flexibility index (Phi) is 9.04. The summed E-state index contributed by atoms with van der Waals surface area (Å²) in [7, 11) is 3.21. The smallest absolute Gasteiger partial charge is 0.284 e. The highest BCUT2D eigenvalue weighted by Crippen LogP contribution is 2.38. The summed E-state index contributed by atoms with van der Waals surface area (Å²) in [5.74, 6) is -0.568. The molecule has 0 fully saturated rings.